The van der Waals surface area contributed by atoms with Crippen molar-refractivity contribution in [3.8, 4) is 0 Å². The first kappa shape index (κ1) is 19.3. The number of nitro benzene ring substituents is 1. The van der Waals surface area contributed by atoms with Crippen LogP contribution in [0.25, 0.3) is 0 Å². The summed E-state index contributed by atoms with van der Waals surface area (Å²) in [6.07, 6.45) is -0.782. The van der Waals surface area contributed by atoms with Crippen molar-refractivity contribution in [3.05, 3.63) is 51.2 Å². The van der Waals surface area contributed by atoms with Crippen molar-refractivity contribution in [3.63, 3.8) is 0 Å². The maximum Gasteiger partial charge on any atom is 0.416 e. The number of non-ortho nitro benzene ring substituents is 1. The highest BCUT2D eigenvalue weighted by Crippen LogP contribution is 2.36. The van der Waals surface area contributed by atoms with Crippen molar-refractivity contribution < 1.29 is 24.0 Å². The fourth-order valence-electron chi connectivity index (χ4n) is 2.62. The lowest BCUT2D eigenvalue weighted by Crippen LogP contribution is -2.51. The van der Waals surface area contributed by atoms with Gasteiger partial charge in [-0.2, -0.15) is 0 Å². The van der Waals surface area contributed by atoms with Crippen molar-refractivity contribution in [2.75, 3.05) is 13.7 Å². The Kier molecular flexibility index (Phi) is 5.88. The number of nitrogens with one attached hydrogen (secondary N) is 1. The highest BCUT2D eigenvalue weighted by molar-refractivity contribution is 7.80. The number of allylic oxidation sites excluding steroid dienone is 1. The van der Waals surface area contributed by atoms with Crippen LogP contribution in [0.15, 0.2) is 35.5 Å². The third-order valence-electron chi connectivity index (χ3n) is 3.72. The number of rotatable bonds is 4. The summed E-state index contributed by atoms with van der Waals surface area (Å²) in [7, 11) is 1.20. The van der Waals surface area contributed by atoms with Gasteiger partial charge in [0.2, 0.25) is 0 Å². The van der Waals surface area contributed by atoms with Gasteiger partial charge in [0, 0.05) is 17.8 Å². The summed E-state index contributed by atoms with van der Waals surface area (Å²) in [6, 6.07) is 4.60. The van der Waals surface area contributed by atoms with Crippen LogP contribution in [0.5, 0.6) is 0 Å². The number of hydrogen-bond acceptors (Lipinski definition) is 7. The molecule has 1 aromatic rings. The summed E-state index contributed by atoms with van der Waals surface area (Å²) in [4.78, 5) is 36.4. The van der Waals surface area contributed by atoms with Crippen LogP contribution < -0.4 is 5.32 Å². The number of nitro groups is 1. The van der Waals surface area contributed by atoms with Gasteiger partial charge in [-0.25, -0.2) is 14.5 Å². The van der Waals surface area contributed by atoms with Crippen molar-refractivity contribution in [1.82, 2.24) is 10.2 Å². The summed E-state index contributed by atoms with van der Waals surface area (Å²) in [5.74, 6) is -0.691. The van der Waals surface area contributed by atoms with E-state index in [1.165, 1.54) is 25.3 Å². The highest BCUT2D eigenvalue weighted by Gasteiger charge is 2.41. The molecule has 1 aromatic carbocycles. The summed E-state index contributed by atoms with van der Waals surface area (Å²) in [5, 5.41) is 13.9. The molecule has 1 atom stereocenters. The minimum absolute atomic E-state index is 0.0186. The molecule has 9 nitrogen and oxygen atoms in total. The molecule has 1 heterocycles. The van der Waals surface area contributed by atoms with E-state index in [1.807, 2.05) is 0 Å². The second kappa shape index (κ2) is 7.91. The lowest BCUT2D eigenvalue weighted by molar-refractivity contribution is -0.384. The summed E-state index contributed by atoms with van der Waals surface area (Å²) < 4.78 is 9.85. The van der Waals surface area contributed by atoms with Gasteiger partial charge in [0.05, 0.1) is 24.2 Å². The third kappa shape index (κ3) is 3.64. The van der Waals surface area contributed by atoms with Gasteiger partial charge in [-0.3, -0.25) is 10.1 Å². The summed E-state index contributed by atoms with van der Waals surface area (Å²) in [6.45, 7) is 3.32. The van der Waals surface area contributed by atoms with Gasteiger partial charge >= 0.3 is 12.1 Å². The molecular formula is C16H17N3O6S. The van der Waals surface area contributed by atoms with Gasteiger partial charge in [0.1, 0.15) is 6.04 Å². The SMILES string of the molecule is CCOC(=O)N1C(=S)NC(C)=C(C(=O)OC)C1c1cccc([N+](=O)[O-])c1. The molecule has 0 spiro atoms. The molecule has 0 radical (unpaired) electrons. The standard InChI is InChI=1S/C16H17N3O6S/c1-4-25-16(21)18-13(10-6-5-7-11(8-10)19(22)23)12(14(20)24-3)9(2)17-15(18)26/h5-8,13H,4H2,1-3H3,(H,17,26). The first-order valence-electron chi connectivity index (χ1n) is 7.62. The molecule has 0 saturated heterocycles. The molecule has 0 aromatic heterocycles. The number of hydrogen-bond donors (Lipinski definition) is 1. The van der Waals surface area contributed by atoms with Gasteiger partial charge in [-0.15, -0.1) is 0 Å². The van der Waals surface area contributed by atoms with E-state index in [0.717, 1.165) is 4.90 Å². The molecule has 26 heavy (non-hydrogen) atoms. The lowest BCUT2D eigenvalue weighted by atomic mass is 9.94. The maximum atomic E-state index is 12.4. The predicted octanol–water partition coefficient (Wildman–Crippen LogP) is 2.43. The Balaban J connectivity index is 2.68. The monoisotopic (exact) mass is 379 g/mol. The number of ether oxygens (including phenoxy) is 2. The number of benzene rings is 1. The molecule has 1 amide bonds. The molecule has 0 saturated carbocycles. The molecule has 1 aliphatic rings. The zero-order valence-corrected chi connectivity index (χ0v) is 15.2. The number of nitrogens with zero attached hydrogens (tertiary/aromatic N) is 2. The minimum Gasteiger partial charge on any atom is -0.466 e. The second-order valence-corrected chi connectivity index (χ2v) is 5.67. The van der Waals surface area contributed by atoms with E-state index >= 15 is 0 Å². The van der Waals surface area contributed by atoms with Gasteiger partial charge in [0.25, 0.3) is 5.69 Å². The van der Waals surface area contributed by atoms with Crippen LogP contribution in [0.3, 0.4) is 0 Å². The molecule has 0 aliphatic carbocycles. The van der Waals surface area contributed by atoms with Crippen LogP contribution in [-0.4, -0.2) is 40.7 Å². The van der Waals surface area contributed by atoms with Crippen molar-refractivity contribution in [1.29, 1.82) is 0 Å². The average molecular weight is 379 g/mol. The Hall–Kier alpha value is -3.01. The van der Waals surface area contributed by atoms with Crippen LogP contribution in [0, 0.1) is 10.1 Å². The fourth-order valence-corrected chi connectivity index (χ4v) is 2.95. The van der Waals surface area contributed by atoms with E-state index in [2.05, 4.69) is 5.32 Å². The Morgan fingerprint density at radius 1 is 1.42 bits per heavy atom. The van der Waals surface area contributed by atoms with Crippen LogP contribution in [-0.2, 0) is 14.3 Å². The van der Waals surface area contributed by atoms with Gasteiger partial charge in [0.15, 0.2) is 5.11 Å². The molecule has 2 rings (SSSR count). The molecule has 138 valence electrons. The molecular weight excluding hydrogens is 362 g/mol. The highest BCUT2D eigenvalue weighted by atomic mass is 32.1. The molecule has 10 heteroatoms. The van der Waals surface area contributed by atoms with Crippen LogP contribution >= 0.6 is 12.2 Å². The first-order chi connectivity index (χ1) is 12.3. The number of methoxy groups -OCH3 is 1. The average Bonchev–Trinajstić information content (AvgIpc) is 2.60. The van der Waals surface area contributed by atoms with E-state index in [-0.39, 0.29) is 23.0 Å². The number of esters is 1. The molecule has 0 fully saturated rings. The zero-order chi connectivity index (χ0) is 19.4. The third-order valence-corrected chi connectivity index (χ3v) is 4.01. The minimum atomic E-state index is -1.02. The fraction of sp³-hybridized carbons (Fsp3) is 0.312. The van der Waals surface area contributed by atoms with Gasteiger partial charge < -0.3 is 14.8 Å². The van der Waals surface area contributed by atoms with Crippen LogP contribution in [0.1, 0.15) is 25.5 Å². The topological polar surface area (TPSA) is 111 Å². The number of thiocarbonyl (C=S) groups is 1. The summed E-state index contributed by atoms with van der Waals surface area (Å²) >= 11 is 5.23. The summed E-state index contributed by atoms with van der Waals surface area (Å²) in [5.41, 5.74) is 0.641. The maximum absolute atomic E-state index is 12.4. The molecule has 1 N–H and O–H groups in total. The number of amides is 1. The van der Waals surface area contributed by atoms with Crippen molar-refractivity contribution in [2.45, 2.75) is 19.9 Å². The van der Waals surface area contributed by atoms with Crippen molar-refractivity contribution in [2.24, 2.45) is 0 Å². The van der Waals surface area contributed by atoms with Crippen LogP contribution in [0.2, 0.25) is 0 Å². The lowest BCUT2D eigenvalue weighted by Gasteiger charge is -2.37. The Bertz CT molecular complexity index is 807. The Morgan fingerprint density at radius 3 is 2.69 bits per heavy atom. The van der Waals surface area contributed by atoms with Gasteiger partial charge in [-0.1, -0.05) is 12.1 Å². The number of carbonyl (C=O) groups excluding carboxylic acids is 2. The van der Waals surface area contributed by atoms with E-state index in [0.29, 0.717) is 11.3 Å². The Labute approximate surface area is 154 Å². The van der Waals surface area contributed by atoms with Crippen molar-refractivity contribution >= 4 is 35.1 Å². The molecule has 1 aliphatic heterocycles. The number of carbonyl (C=O) groups is 2. The van der Waals surface area contributed by atoms with Gasteiger partial charge in [-0.05, 0) is 31.6 Å². The van der Waals surface area contributed by atoms with E-state index < -0.39 is 23.0 Å². The second-order valence-electron chi connectivity index (χ2n) is 5.28. The first-order valence-corrected chi connectivity index (χ1v) is 8.03. The molecule has 0 bridgehead atoms. The quantitative estimate of drug-likeness (QED) is 0.367. The van der Waals surface area contributed by atoms with E-state index in [4.69, 9.17) is 21.7 Å². The van der Waals surface area contributed by atoms with E-state index in [1.54, 1.807) is 19.9 Å². The van der Waals surface area contributed by atoms with Crippen LogP contribution in [0.4, 0.5) is 10.5 Å². The van der Waals surface area contributed by atoms with E-state index in [9.17, 15) is 19.7 Å². The Morgan fingerprint density at radius 2 is 2.12 bits per heavy atom. The zero-order valence-electron chi connectivity index (χ0n) is 14.3. The predicted molar refractivity (Wildman–Crippen MR) is 95.1 cm³/mol. The normalized spacial score (nSPS) is 16.8. The molecule has 1 unspecified atom stereocenters. The largest absolute Gasteiger partial charge is 0.466 e. The smallest absolute Gasteiger partial charge is 0.416 e.